The second kappa shape index (κ2) is 9.14. The van der Waals surface area contributed by atoms with Crippen LogP contribution in [0.5, 0.6) is 5.75 Å². The molecule has 3 heterocycles. The summed E-state index contributed by atoms with van der Waals surface area (Å²) in [6, 6.07) is 10.6. The van der Waals surface area contributed by atoms with Crippen LogP contribution in [0.4, 0.5) is 16.0 Å². The summed E-state index contributed by atoms with van der Waals surface area (Å²) in [7, 11) is 0. The number of anilines is 2. The molecule has 33 heavy (non-hydrogen) atoms. The number of nitrogens with one attached hydrogen (secondary N) is 3. The molecule has 170 valence electrons. The maximum absolute atomic E-state index is 14.3. The van der Waals surface area contributed by atoms with Crippen molar-refractivity contribution in [2.75, 3.05) is 5.32 Å². The third-order valence-electron chi connectivity index (χ3n) is 6.05. The fourth-order valence-corrected chi connectivity index (χ4v) is 4.51. The minimum Gasteiger partial charge on any atom is -0.487 e. The van der Waals surface area contributed by atoms with E-state index in [2.05, 4.69) is 41.1 Å². The monoisotopic (exact) mass is 468 g/mol. The molecule has 0 spiro atoms. The number of ether oxygens (including phenoxy) is 1. The van der Waals surface area contributed by atoms with Crippen LogP contribution in [0.25, 0.3) is 0 Å². The topological polar surface area (TPSA) is 117 Å². The lowest BCUT2D eigenvalue weighted by molar-refractivity contribution is 0.108. The Morgan fingerprint density at radius 3 is 2.76 bits per heavy atom. The number of pyridine rings is 1. The van der Waals surface area contributed by atoms with E-state index >= 15 is 0 Å². The number of halogens is 2. The van der Waals surface area contributed by atoms with Crippen LogP contribution in [0.2, 0.25) is 5.02 Å². The fraction of sp³-hybridized carbons (Fsp3) is 0.318. The molecule has 1 saturated carbocycles. The van der Waals surface area contributed by atoms with Gasteiger partial charge in [-0.05, 0) is 55.9 Å². The maximum atomic E-state index is 14.3. The van der Waals surface area contributed by atoms with Crippen LogP contribution in [-0.4, -0.2) is 41.9 Å². The molecule has 0 bridgehead atoms. The zero-order valence-corrected chi connectivity index (χ0v) is 18.4. The highest BCUT2D eigenvalue weighted by molar-refractivity contribution is 6.30. The van der Waals surface area contributed by atoms with Crippen molar-refractivity contribution in [1.82, 2.24) is 35.8 Å². The molecule has 1 fully saturated rings. The lowest BCUT2D eigenvalue weighted by Gasteiger charge is -2.38. The molecule has 0 aliphatic heterocycles. The number of benzene rings is 1. The SMILES string of the molecule is Fc1c(Cl)cccc1OC1CCC(Cc2ccc(Nc3ccn[nH]3)nc2)(c2nn[nH]n2)CC1. The highest BCUT2D eigenvalue weighted by Gasteiger charge is 2.41. The predicted octanol–water partition coefficient (Wildman–Crippen LogP) is 4.36. The summed E-state index contributed by atoms with van der Waals surface area (Å²) >= 11 is 5.89. The molecule has 0 unspecified atom stereocenters. The summed E-state index contributed by atoms with van der Waals surface area (Å²) in [6.07, 6.45) is 7.12. The summed E-state index contributed by atoms with van der Waals surface area (Å²) in [5.41, 5.74) is 0.759. The fourth-order valence-electron chi connectivity index (χ4n) is 4.34. The van der Waals surface area contributed by atoms with Crippen molar-refractivity contribution >= 4 is 23.2 Å². The molecule has 0 radical (unpaired) electrons. The highest BCUT2D eigenvalue weighted by atomic mass is 35.5. The van der Waals surface area contributed by atoms with Crippen LogP contribution in [0.15, 0.2) is 48.8 Å². The number of hydrogen-bond acceptors (Lipinski definition) is 7. The van der Waals surface area contributed by atoms with E-state index in [1.165, 1.54) is 6.07 Å². The quantitative estimate of drug-likeness (QED) is 0.369. The summed E-state index contributed by atoms with van der Waals surface area (Å²) < 4.78 is 20.2. The zero-order valence-electron chi connectivity index (χ0n) is 17.6. The van der Waals surface area contributed by atoms with Gasteiger partial charge in [-0.25, -0.2) is 9.37 Å². The van der Waals surface area contributed by atoms with Crippen molar-refractivity contribution in [3.8, 4) is 5.75 Å². The first-order valence-electron chi connectivity index (χ1n) is 10.7. The lowest BCUT2D eigenvalue weighted by atomic mass is 9.69. The van der Waals surface area contributed by atoms with E-state index in [0.29, 0.717) is 12.2 Å². The first kappa shape index (κ1) is 21.3. The van der Waals surface area contributed by atoms with Crippen molar-refractivity contribution in [2.45, 2.75) is 43.6 Å². The molecule has 1 aliphatic rings. The summed E-state index contributed by atoms with van der Waals surface area (Å²) in [5, 5.41) is 24.9. The molecule has 4 aromatic rings. The van der Waals surface area contributed by atoms with Crippen molar-refractivity contribution in [2.24, 2.45) is 0 Å². The average molecular weight is 469 g/mol. The van der Waals surface area contributed by atoms with Crippen LogP contribution < -0.4 is 10.1 Å². The van der Waals surface area contributed by atoms with Gasteiger partial charge in [0, 0.05) is 17.7 Å². The summed E-state index contributed by atoms with van der Waals surface area (Å²) in [5.74, 6) is 1.83. The molecule has 11 heteroatoms. The normalized spacial score (nSPS) is 20.5. The van der Waals surface area contributed by atoms with Gasteiger partial charge >= 0.3 is 0 Å². The van der Waals surface area contributed by atoms with E-state index < -0.39 is 5.82 Å². The molecule has 0 atom stereocenters. The highest BCUT2D eigenvalue weighted by Crippen LogP contribution is 2.42. The largest absolute Gasteiger partial charge is 0.487 e. The van der Waals surface area contributed by atoms with Gasteiger partial charge in [-0.15, -0.1) is 10.2 Å². The molecule has 3 aromatic heterocycles. The van der Waals surface area contributed by atoms with Crippen LogP contribution >= 0.6 is 11.6 Å². The first-order valence-corrected chi connectivity index (χ1v) is 11.0. The Balaban J connectivity index is 1.29. The molecule has 5 rings (SSSR count). The molecule has 1 aliphatic carbocycles. The van der Waals surface area contributed by atoms with E-state index in [9.17, 15) is 4.39 Å². The van der Waals surface area contributed by atoms with Gasteiger partial charge in [0.1, 0.15) is 11.6 Å². The van der Waals surface area contributed by atoms with E-state index in [4.69, 9.17) is 16.3 Å². The minimum atomic E-state index is -0.524. The molecular formula is C22H22ClFN8O. The maximum Gasteiger partial charge on any atom is 0.183 e. The number of aromatic nitrogens is 7. The molecule has 3 N–H and O–H groups in total. The summed E-state index contributed by atoms with van der Waals surface area (Å²) in [4.78, 5) is 4.52. The Labute approximate surface area is 194 Å². The summed E-state index contributed by atoms with van der Waals surface area (Å²) in [6.45, 7) is 0. The van der Waals surface area contributed by atoms with Crippen molar-refractivity contribution < 1.29 is 9.13 Å². The standard InChI is InChI=1S/C22H22ClFN8O/c23-16-2-1-3-17(20(16)24)33-15-6-9-22(10-7-15,21-29-31-32-30-21)12-14-4-5-18(25-13-14)27-19-8-11-26-28-19/h1-5,8,11,13,15H,6-7,9-10,12H2,(H2,25,26,27,28)(H,29,30,31,32). The van der Waals surface area contributed by atoms with Crippen LogP contribution in [0, 0.1) is 5.82 Å². The van der Waals surface area contributed by atoms with E-state index in [0.717, 1.165) is 42.9 Å². The number of rotatable bonds is 7. The second-order valence-electron chi connectivity index (χ2n) is 8.21. The second-order valence-corrected chi connectivity index (χ2v) is 8.62. The van der Waals surface area contributed by atoms with Gasteiger partial charge in [-0.2, -0.15) is 10.3 Å². The van der Waals surface area contributed by atoms with Crippen LogP contribution in [0.3, 0.4) is 0 Å². The first-order chi connectivity index (χ1) is 16.1. The minimum absolute atomic E-state index is 0.0578. The van der Waals surface area contributed by atoms with Crippen molar-refractivity contribution in [1.29, 1.82) is 0 Å². The van der Waals surface area contributed by atoms with Gasteiger partial charge in [0.05, 0.1) is 17.3 Å². The molecular weight excluding hydrogens is 447 g/mol. The number of hydrogen-bond donors (Lipinski definition) is 3. The molecule has 0 amide bonds. The molecule has 0 saturated heterocycles. The zero-order chi connectivity index (χ0) is 22.7. The van der Waals surface area contributed by atoms with E-state index in [-0.39, 0.29) is 22.3 Å². The van der Waals surface area contributed by atoms with E-state index in [1.807, 2.05) is 24.4 Å². The number of aromatic amines is 2. The van der Waals surface area contributed by atoms with Gasteiger partial charge in [-0.3, -0.25) is 5.10 Å². The Morgan fingerprint density at radius 2 is 2.06 bits per heavy atom. The van der Waals surface area contributed by atoms with Crippen molar-refractivity contribution in [3.05, 3.63) is 71.0 Å². The smallest absolute Gasteiger partial charge is 0.183 e. The van der Waals surface area contributed by atoms with Crippen LogP contribution in [-0.2, 0) is 11.8 Å². The Hall–Kier alpha value is -3.53. The molecule has 1 aromatic carbocycles. The third-order valence-corrected chi connectivity index (χ3v) is 6.34. The molecule has 9 nitrogen and oxygen atoms in total. The van der Waals surface area contributed by atoms with E-state index in [1.54, 1.807) is 18.3 Å². The number of H-pyrrole nitrogens is 2. The Bertz CT molecular complexity index is 1180. The van der Waals surface area contributed by atoms with Gasteiger partial charge in [0.2, 0.25) is 0 Å². The third kappa shape index (κ3) is 4.65. The van der Waals surface area contributed by atoms with Gasteiger partial charge < -0.3 is 10.1 Å². The lowest BCUT2D eigenvalue weighted by Crippen LogP contribution is -2.38. The van der Waals surface area contributed by atoms with Crippen LogP contribution in [0.1, 0.15) is 37.1 Å². The van der Waals surface area contributed by atoms with Gasteiger partial charge in [-0.1, -0.05) is 28.9 Å². The Kier molecular flexibility index (Phi) is 5.91. The van der Waals surface area contributed by atoms with Gasteiger partial charge in [0.25, 0.3) is 0 Å². The average Bonchev–Trinajstić information content (AvgIpc) is 3.55. The number of tetrazole rings is 1. The van der Waals surface area contributed by atoms with Gasteiger partial charge in [0.15, 0.2) is 17.4 Å². The van der Waals surface area contributed by atoms with Crippen molar-refractivity contribution in [3.63, 3.8) is 0 Å². The Morgan fingerprint density at radius 1 is 1.18 bits per heavy atom. The number of nitrogens with zero attached hydrogens (tertiary/aromatic N) is 5. The predicted molar refractivity (Wildman–Crippen MR) is 120 cm³/mol.